The molecular formula is C12H14N4OS2. The molecule has 19 heavy (non-hydrogen) atoms. The van der Waals surface area contributed by atoms with Crippen LogP contribution in [-0.4, -0.2) is 35.5 Å². The Hall–Kier alpha value is -1.34. The van der Waals surface area contributed by atoms with Crippen molar-refractivity contribution < 1.29 is 4.21 Å². The molecule has 7 heteroatoms. The van der Waals surface area contributed by atoms with Gasteiger partial charge in [-0.05, 0) is 37.2 Å². The van der Waals surface area contributed by atoms with Gasteiger partial charge in [0, 0.05) is 46.3 Å². The predicted octanol–water partition coefficient (Wildman–Crippen LogP) is 2.09. The van der Waals surface area contributed by atoms with E-state index in [1.54, 1.807) is 12.4 Å². The number of hydrogen-bond donors (Lipinski definition) is 1. The lowest BCUT2D eigenvalue weighted by molar-refractivity contribution is 0.460. The Balaban J connectivity index is 2.00. The highest BCUT2D eigenvalue weighted by molar-refractivity contribution is 7.85. The molecule has 1 aliphatic heterocycles. The molecule has 100 valence electrons. The zero-order valence-electron chi connectivity index (χ0n) is 10.3. The summed E-state index contributed by atoms with van der Waals surface area (Å²) in [6, 6.07) is 4.12. The molecule has 0 aliphatic carbocycles. The standard InChI is InChI=1S/C12H14N4OS2/c17-19-7-3-10(4-8-19)16-11(14-15-12(16)18)9-1-5-13-6-2-9/h1-2,5-6,10H,3-4,7-8H2,(H,15,18). The first-order valence-electron chi connectivity index (χ1n) is 6.18. The molecule has 0 radical (unpaired) electrons. The fourth-order valence-corrected chi connectivity index (χ4v) is 3.94. The minimum absolute atomic E-state index is 0.284. The summed E-state index contributed by atoms with van der Waals surface area (Å²) >= 11 is 5.34. The number of rotatable bonds is 2. The van der Waals surface area contributed by atoms with Crippen LogP contribution in [0.15, 0.2) is 24.5 Å². The Morgan fingerprint density at radius 3 is 2.68 bits per heavy atom. The fraction of sp³-hybridized carbons (Fsp3) is 0.417. The van der Waals surface area contributed by atoms with Crippen LogP contribution in [0.5, 0.6) is 0 Å². The van der Waals surface area contributed by atoms with Crippen LogP contribution in [0, 0.1) is 4.77 Å². The molecule has 1 N–H and O–H groups in total. The molecule has 0 saturated carbocycles. The zero-order valence-corrected chi connectivity index (χ0v) is 11.9. The van der Waals surface area contributed by atoms with Gasteiger partial charge in [-0.15, -0.1) is 0 Å². The first kappa shape index (κ1) is 12.7. The van der Waals surface area contributed by atoms with E-state index in [-0.39, 0.29) is 6.04 Å². The van der Waals surface area contributed by atoms with Crippen molar-refractivity contribution in [2.45, 2.75) is 18.9 Å². The molecule has 2 aromatic rings. The van der Waals surface area contributed by atoms with Gasteiger partial charge in [0.15, 0.2) is 10.6 Å². The number of nitrogens with one attached hydrogen (secondary N) is 1. The van der Waals surface area contributed by atoms with E-state index in [1.165, 1.54) is 0 Å². The van der Waals surface area contributed by atoms with Crippen molar-refractivity contribution in [2.24, 2.45) is 0 Å². The molecular weight excluding hydrogens is 280 g/mol. The molecule has 3 heterocycles. The van der Waals surface area contributed by atoms with Gasteiger partial charge in [0.25, 0.3) is 0 Å². The van der Waals surface area contributed by atoms with Gasteiger partial charge in [0.05, 0.1) is 0 Å². The number of aromatic amines is 1. The summed E-state index contributed by atoms with van der Waals surface area (Å²) in [5, 5.41) is 7.19. The van der Waals surface area contributed by atoms with Gasteiger partial charge < -0.3 is 0 Å². The fourth-order valence-electron chi connectivity index (χ4n) is 2.39. The van der Waals surface area contributed by atoms with Crippen molar-refractivity contribution in [2.75, 3.05) is 11.5 Å². The number of H-pyrrole nitrogens is 1. The zero-order chi connectivity index (χ0) is 13.2. The van der Waals surface area contributed by atoms with Crippen LogP contribution in [0.25, 0.3) is 11.4 Å². The molecule has 2 aromatic heterocycles. The van der Waals surface area contributed by atoms with Crippen molar-refractivity contribution in [3.8, 4) is 11.4 Å². The van der Waals surface area contributed by atoms with Gasteiger partial charge in [-0.1, -0.05) is 0 Å². The molecule has 0 spiro atoms. The normalized spacial score (nSPS) is 23.4. The molecule has 1 fully saturated rings. The molecule has 1 aliphatic rings. The van der Waals surface area contributed by atoms with Crippen LogP contribution in [-0.2, 0) is 10.8 Å². The topological polar surface area (TPSA) is 63.6 Å². The summed E-state index contributed by atoms with van der Waals surface area (Å²) in [4.78, 5) is 4.02. The SMILES string of the molecule is O=S1CCC(n2c(-c3ccncc3)n[nH]c2=S)CC1. The summed E-state index contributed by atoms with van der Waals surface area (Å²) in [7, 11) is -0.668. The lowest BCUT2D eigenvalue weighted by Crippen LogP contribution is -2.22. The van der Waals surface area contributed by atoms with E-state index < -0.39 is 10.8 Å². The molecule has 1 saturated heterocycles. The second-order valence-corrected chi connectivity index (χ2v) is 6.62. The number of hydrogen-bond acceptors (Lipinski definition) is 4. The lowest BCUT2D eigenvalue weighted by Gasteiger charge is -2.23. The summed E-state index contributed by atoms with van der Waals surface area (Å²) < 4.78 is 14.1. The Morgan fingerprint density at radius 1 is 1.32 bits per heavy atom. The lowest BCUT2D eigenvalue weighted by atomic mass is 10.1. The number of pyridine rings is 1. The Labute approximate surface area is 118 Å². The van der Waals surface area contributed by atoms with Crippen molar-refractivity contribution in [3.05, 3.63) is 29.3 Å². The third-order valence-electron chi connectivity index (χ3n) is 3.37. The van der Waals surface area contributed by atoms with Gasteiger partial charge in [-0.25, -0.2) is 0 Å². The first-order chi connectivity index (χ1) is 9.25. The van der Waals surface area contributed by atoms with Gasteiger partial charge in [0.1, 0.15) is 0 Å². The second-order valence-electron chi connectivity index (χ2n) is 4.54. The van der Waals surface area contributed by atoms with Gasteiger partial charge in [0.2, 0.25) is 0 Å². The smallest absolute Gasteiger partial charge is 0.195 e. The van der Waals surface area contributed by atoms with E-state index >= 15 is 0 Å². The van der Waals surface area contributed by atoms with E-state index in [9.17, 15) is 4.21 Å². The molecule has 0 unspecified atom stereocenters. The van der Waals surface area contributed by atoms with Crippen molar-refractivity contribution >= 4 is 23.0 Å². The maximum absolute atomic E-state index is 11.5. The molecule has 0 aromatic carbocycles. The largest absolute Gasteiger partial charge is 0.297 e. The van der Waals surface area contributed by atoms with Crippen LogP contribution < -0.4 is 0 Å². The maximum Gasteiger partial charge on any atom is 0.195 e. The summed E-state index contributed by atoms with van der Waals surface area (Å²) in [6.07, 6.45) is 5.26. The van der Waals surface area contributed by atoms with E-state index in [1.807, 2.05) is 12.1 Å². The number of nitrogens with zero attached hydrogens (tertiary/aromatic N) is 3. The van der Waals surface area contributed by atoms with E-state index in [2.05, 4.69) is 19.7 Å². The van der Waals surface area contributed by atoms with Gasteiger partial charge in [-0.2, -0.15) is 5.10 Å². The molecule has 0 atom stereocenters. The Morgan fingerprint density at radius 2 is 2.00 bits per heavy atom. The molecule has 0 amide bonds. The van der Waals surface area contributed by atoms with Crippen molar-refractivity contribution in [1.29, 1.82) is 0 Å². The summed E-state index contributed by atoms with van der Waals surface area (Å²) in [6.45, 7) is 0. The second kappa shape index (κ2) is 5.34. The van der Waals surface area contributed by atoms with Crippen LogP contribution >= 0.6 is 12.2 Å². The van der Waals surface area contributed by atoms with E-state index in [0.717, 1.165) is 35.7 Å². The van der Waals surface area contributed by atoms with Crippen LogP contribution in [0.3, 0.4) is 0 Å². The minimum Gasteiger partial charge on any atom is -0.297 e. The summed E-state index contributed by atoms with van der Waals surface area (Å²) in [5.74, 6) is 2.32. The monoisotopic (exact) mass is 294 g/mol. The Kier molecular flexibility index (Phi) is 3.56. The van der Waals surface area contributed by atoms with Crippen LogP contribution in [0.1, 0.15) is 18.9 Å². The van der Waals surface area contributed by atoms with E-state index in [0.29, 0.717) is 4.77 Å². The molecule has 3 rings (SSSR count). The minimum atomic E-state index is -0.668. The van der Waals surface area contributed by atoms with Crippen molar-refractivity contribution in [1.82, 2.24) is 19.7 Å². The average Bonchev–Trinajstić information content (AvgIpc) is 2.83. The van der Waals surface area contributed by atoms with Crippen LogP contribution in [0.4, 0.5) is 0 Å². The average molecular weight is 294 g/mol. The van der Waals surface area contributed by atoms with Gasteiger partial charge >= 0.3 is 0 Å². The Bertz CT molecular complexity index is 639. The molecule has 0 bridgehead atoms. The highest BCUT2D eigenvalue weighted by atomic mass is 32.2. The third-order valence-corrected chi connectivity index (χ3v) is 5.04. The highest BCUT2D eigenvalue weighted by Gasteiger charge is 2.23. The quantitative estimate of drug-likeness (QED) is 0.861. The van der Waals surface area contributed by atoms with E-state index in [4.69, 9.17) is 12.2 Å². The maximum atomic E-state index is 11.5. The first-order valence-corrected chi connectivity index (χ1v) is 8.07. The van der Waals surface area contributed by atoms with Crippen LogP contribution in [0.2, 0.25) is 0 Å². The highest BCUT2D eigenvalue weighted by Crippen LogP contribution is 2.27. The predicted molar refractivity (Wildman–Crippen MR) is 76.8 cm³/mol. The van der Waals surface area contributed by atoms with Gasteiger partial charge in [-0.3, -0.25) is 18.9 Å². The van der Waals surface area contributed by atoms with Crippen molar-refractivity contribution in [3.63, 3.8) is 0 Å². The third kappa shape index (κ3) is 2.52. The number of aromatic nitrogens is 4. The molecule has 5 nitrogen and oxygen atoms in total. The summed E-state index contributed by atoms with van der Waals surface area (Å²) in [5.41, 5.74) is 0.994.